The lowest BCUT2D eigenvalue weighted by molar-refractivity contribution is 0.350. The number of halogens is 1. The molecule has 0 aliphatic carbocycles. The fourth-order valence-electron chi connectivity index (χ4n) is 2.28. The number of hydrogen-bond acceptors (Lipinski definition) is 3. The summed E-state index contributed by atoms with van der Waals surface area (Å²) in [5.74, 6) is -0.125. The minimum atomic E-state index is -2.98. The van der Waals surface area contributed by atoms with Crippen molar-refractivity contribution in [3.05, 3.63) is 35.6 Å². The molecular weight excluding hydrogens is 265 g/mol. The van der Waals surface area contributed by atoms with Crippen molar-refractivity contribution in [3.63, 3.8) is 0 Å². The summed E-state index contributed by atoms with van der Waals surface area (Å²) in [5.41, 5.74) is 0.717. The van der Waals surface area contributed by atoms with Crippen molar-refractivity contribution in [3.8, 4) is 0 Å². The van der Waals surface area contributed by atoms with Gasteiger partial charge in [-0.2, -0.15) is 0 Å². The van der Waals surface area contributed by atoms with Crippen molar-refractivity contribution in [2.75, 3.05) is 19.1 Å². The Morgan fingerprint density at radius 1 is 1.26 bits per heavy atom. The molecule has 0 saturated carbocycles. The van der Waals surface area contributed by atoms with Crippen molar-refractivity contribution in [1.82, 2.24) is 5.32 Å². The van der Waals surface area contributed by atoms with Crippen molar-refractivity contribution in [2.45, 2.75) is 31.7 Å². The molecule has 0 aliphatic heterocycles. The van der Waals surface area contributed by atoms with E-state index in [1.54, 1.807) is 12.1 Å². The molecule has 0 aliphatic rings. The van der Waals surface area contributed by atoms with Crippen LogP contribution in [0.1, 0.15) is 25.8 Å². The van der Waals surface area contributed by atoms with Gasteiger partial charge in [0, 0.05) is 17.7 Å². The molecule has 3 nitrogen and oxygen atoms in total. The highest BCUT2D eigenvalue weighted by atomic mass is 32.2. The third kappa shape index (κ3) is 4.58. The highest BCUT2D eigenvalue weighted by Gasteiger charge is 2.30. The molecule has 1 aromatic carbocycles. The van der Waals surface area contributed by atoms with Crippen molar-refractivity contribution in [1.29, 1.82) is 0 Å². The molecule has 0 aromatic heterocycles. The summed E-state index contributed by atoms with van der Waals surface area (Å²) < 4.78 is 35.5. The van der Waals surface area contributed by atoms with E-state index in [1.165, 1.54) is 18.4 Å². The van der Waals surface area contributed by atoms with Crippen LogP contribution in [0.5, 0.6) is 0 Å². The zero-order chi connectivity index (χ0) is 14.7. The van der Waals surface area contributed by atoms with Gasteiger partial charge in [-0.05, 0) is 31.2 Å². The quantitative estimate of drug-likeness (QED) is 0.872. The van der Waals surface area contributed by atoms with Gasteiger partial charge in [0.2, 0.25) is 0 Å². The maximum absolute atomic E-state index is 13.0. The van der Waals surface area contributed by atoms with Crippen LogP contribution in [0.2, 0.25) is 0 Å². The van der Waals surface area contributed by atoms with Crippen LogP contribution in [0.3, 0.4) is 0 Å². The van der Waals surface area contributed by atoms with Gasteiger partial charge in [-0.1, -0.05) is 26.0 Å². The van der Waals surface area contributed by atoms with Gasteiger partial charge in [0.05, 0.1) is 5.75 Å². The summed E-state index contributed by atoms with van der Waals surface area (Å²) in [6.07, 6.45) is 1.77. The van der Waals surface area contributed by atoms with E-state index in [0.29, 0.717) is 6.42 Å². The normalized spacial score (nSPS) is 14.4. The molecule has 0 amide bonds. The zero-order valence-corrected chi connectivity index (χ0v) is 12.7. The zero-order valence-electron chi connectivity index (χ0n) is 11.9. The first-order chi connectivity index (χ1) is 8.66. The lowest BCUT2D eigenvalue weighted by Crippen LogP contribution is -2.44. The number of hydrogen-bond donors (Lipinski definition) is 1. The van der Waals surface area contributed by atoms with Crippen LogP contribution in [-0.2, 0) is 15.3 Å². The van der Waals surface area contributed by atoms with Gasteiger partial charge in [0.25, 0.3) is 0 Å². The topological polar surface area (TPSA) is 46.2 Å². The molecule has 1 atom stereocenters. The lowest BCUT2D eigenvalue weighted by Gasteiger charge is -2.35. The van der Waals surface area contributed by atoms with Gasteiger partial charge in [0.1, 0.15) is 15.7 Å². The summed E-state index contributed by atoms with van der Waals surface area (Å²) >= 11 is 0. The van der Waals surface area contributed by atoms with E-state index >= 15 is 0 Å². The maximum Gasteiger partial charge on any atom is 0.147 e. The highest BCUT2D eigenvalue weighted by molar-refractivity contribution is 7.90. The summed E-state index contributed by atoms with van der Waals surface area (Å²) in [5, 5.41) is 3.17. The molecule has 0 bridgehead atoms. The van der Waals surface area contributed by atoms with Crippen molar-refractivity contribution >= 4 is 9.84 Å². The number of benzene rings is 1. The first kappa shape index (κ1) is 16.1. The van der Waals surface area contributed by atoms with E-state index in [4.69, 9.17) is 0 Å². The monoisotopic (exact) mass is 287 g/mol. The summed E-state index contributed by atoms with van der Waals surface area (Å²) in [7, 11) is -1.16. The number of rotatable bonds is 6. The summed E-state index contributed by atoms with van der Waals surface area (Å²) in [6.45, 7) is 4.06. The molecule has 1 unspecified atom stereocenters. The third-order valence-corrected chi connectivity index (χ3v) is 4.56. The average molecular weight is 287 g/mol. The van der Waals surface area contributed by atoms with Gasteiger partial charge < -0.3 is 5.32 Å². The van der Waals surface area contributed by atoms with Gasteiger partial charge in [0.15, 0.2) is 0 Å². The first-order valence-corrected chi connectivity index (χ1v) is 8.34. The Morgan fingerprint density at radius 3 is 2.21 bits per heavy atom. The fraction of sp³-hybridized carbons (Fsp3) is 0.571. The smallest absolute Gasteiger partial charge is 0.147 e. The van der Waals surface area contributed by atoms with E-state index in [0.717, 1.165) is 5.56 Å². The molecule has 1 rings (SSSR count). The van der Waals surface area contributed by atoms with Gasteiger partial charge in [-0.25, -0.2) is 12.8 Å². The van der Waals surface area contributed by atoms with Crippen molar-refractivity contribution in [2.24, 2.45) is 0 Å². The lowest BCUT2D eigenvalue weighted by atomic mass is 9.76. The number of nitrogens with one attached hydrogen (secondary N) is 1. The Morgan fingerprint density at radius 2 is 1.79 bits per heavy atom. The maximum atomic E-state index is 13.0. The van der Waals surface area contributed by atoms with Crippen LogP contribution in [0.25, 0.3) is 0 Å². The van der Waals surface area contributed by atoms with Gasteiger partial charge >= 0.3 is 0 Å². The molecule has 0 fully saturated rings. The van der Waals surface area contributed by atoms with E-state index in [1.807, 2.05) is 20.9 Å². The molecule has 108 valence electrons. The molecule has 0 radical (unpaired) electrons. The summed E-state index contributed by atoms with van der Waals surface area (Å²) in [6, 6.07) is 6.37. The van der Waals surface area contributed by atoms with Crippen LogP contribution >= 0.6 is 0 Å². The second-order valence-corrected chi connectivity index (χ2v) is 7.75. The Kier molecular flexibility index (Phi) is 5.10. The standard InChI is InChI=1S/C14H22FNO2S/c1-14(2,11-5-7-12(15)8-6-11)13(16-3)9-10-19(4,17)18/h5-8,13,16H,9-10H2,1-4H3. The number of sulfone groups is 1. The largest absolute Gasteiger partial charge is 0.316 e. The van der Waals surface area contributed by atoms with Crippen LogP contribution in [-0.4, -0.2) is 33.5 Å². The second-order valence-electron chi connectivity index (χ2n) is 5.49. The van der Waals surface area contributed by atoms with E-state index in [9.17, 15) is 12.8 Å². The Bertz CT molecular complexity index is 509. The molecular formula is C14H22FNO2S. The molecule has 19 heavy (non-hydrogen) atoms. The second kappa shape index (κ2) is 6.01. The van der Waals surface area contributed by atoms with Gasteiger partial charge in [-0.3, -0.25) is 0 Å². The third-order valence-electron chi connectivity index (χ3n) is 3.59. The average Bonchev–Trinajstić information content (AvgIpc) is 2.28. The van der Waals surface area contributed by atoms with Gasteiger partial charge in [-0.15, -0.1) is 0 Å². The fourth-order valence-corrected chi connectivity index (χ4v) is 2.94. The molecule has 1 aromatic rings. The Balaban J connectivity index is 2.91. The van der Waals surface area contributed by atoms with E-state index in [2.05, 4.69) is 5.32 Å². The molecule has 5 heteroatoms. The molecule has 0 heterocycles. The minimum Gasteiger partial charge on any atom is -0.316 e. The Hall–Kier alpha value is -0.940. The minimum absolute atomic E-state index is 0.00712. The first-order valence-electron chi connectivity index (χ1n) is 6.28. The Labute approximate surface area is 115 Å². The summed E-state index contributed by atoms with van der Waals surface area (Å²) in [4.78, 5) is 0. The molecule has 0 spiro atoms. The SMILES string of the molecule is CNC(CCS(C)(=O)=O)C(C)(C)c1ccc(F)cc1. The van der Waals surface area contributed by atoms with Crippen molar-refractivity contribution < 1.29 is 12.8 Å². The predicted octanol–water partition coefficient (Wildman–Crippen LogP) is 2.13. The van der Waals surface area contributed by atoms with Crippen LogP contribution < -0.4 is 5.32 Å². The molecule has 1 N–H and O–H groups in total. The van der Waals surface area contributed by atoms with E-state index in [-0.39, 0.29) is 23.0 Å². The van der Waals surface area contributed by atoms with E-state index < -0.39 is 9.84 Å². The predicted molar refractivity (Wildman–Crippen MR) is 76.6 cm³/mol. The van der Waals surface area contributed by atoms with Crippen LogP contribution in [0, 0.1) is 5.82 Å². The number of likely N-dealkylation sites (N-methyl/N-ethyl adjacent to an activating group) is 1. The van der Waals surface area contributed by atoms with Crippen LogP contribution in [0.4, 0.5) is 4.39 Å². The molecule has 0 saturated heterocycles. The highest BCUT2D eigenvalue weighted by Crippen LogP contribution is 2.29. The van der Waals surface area contributed by atoms with Crippen LogP contribution in [0.15, 0.2) is 24.3 Å².